The molecule has 5 heteroatoms. The fourth-order valence-corrected chi connectivity index (χ4v) is 0.890. The minimum Gasteiger partial charge on any atom is -0.462 e. The number of ether oxygens (including phenoxy) is 1. The number of hydrogen-bond donors (Lipinski definition) is 0. The van der Waals surface area contributed by atoms with E-state index >= 15 is 0 Å². The predicted molar refractivity (Wildman–Crippen MR) is 41.9 cm³/mol. The van der Waals surface area contributed by atoms with E-state index in [1.54, 1.807) is 19.9 Å². The maximum absolute atomic E-state index is 11.2. The van der Waals surface area contributed by atoms with Gasteiger partial charge in [-0.3, -0.25) is 0 Å². The van der Waals surface area contributed by atoms with E-state index in [0.29, 0.717) is 5.69 Å². The first kappa shape index (κ1) is 9.26. The number of rotatable bonds is 2. The van der Waals surface area contributed by atoms with Gasteiger partial charge in [-0.05, 0) is 13.8 Å². The van der Waals surface area contributed by atoms with Crippen LogP contribution in [0.3, 0.4) is 0 Å². The van der Waals surface area contributed by atoms with E-state index < -0.39 is 5.97 Å². The maximum Gasteiger partial charge on any atom is 0.344 e. The number of esters is 1. The lowest BCUT2D eigenvalue weighted by atomic mass is 10.2. The third-order valence-electron chi connectivity index (χ3n) is 1.44. The predicted octanol–water partition coefficient (Wildman–Crippen LogP) is 1.03. The van der Waals surface area contributed by atoms with Crippen LogP contribution in [0.5, 0.6) is 0 Å². The minimum absolute atomic E-state index is 0.101. The van der Waals surface area contributed by atoms with Crippen LogP contribution in [0.2, 0.25) is 0 Å². The molecule has 0 aliphatic rings. The van der Waals surface area contributed by atoms with Gasteiger partial charge in [-0.2, -0.15) is 5.26 Å². The summed E-state index contributed by atoms with van der Waals surface area (Å²) in [6.45, 7) is 3.53. The van der Waals surface area contributed by atoms with Crippen LogP contribution in [-0.2, 0) is 4.74 Å². The Morgan fingerprint density at radius 2 is 2.46 bits per heavy atom. The van der Waals surface area contributed by atoms with Gasteiger partial charge in [0, 0.05) is 0 Å². The fraction of sp³-hybridized carbons (Fsp3) is 0.375. The Labute approximate surface area is 74.9 Å². The van der Waals surface area contributed by atoms with E-state index in [9.17, 15) is 4.79 Å². The van der Waals surface area contributed by atoms with Crippen LogP contribution in [0.4, 0.5) is 0 Å². The zero-order valence-corrected chi connectivity index (χ0v) is 7.33. The van der Waals surface area contributed by atoms with E-state index in [2.05, 4.69) is 9.68 Å². The highest BCUT2D eigenvalue weighted by Crippen LogP contribution is 2.13. The van der Waals surface area contributed by atoms with Gasteiger partial charge < -0.3 is 9.26 Å². The minimum atomic E-state index is -0.571. The summed E-state index contributed by atoms with van der Waals surface area (Å²) in [6, 6.07) is 1.73. The van der Waals surface area contributed by atoms with Gasteiger partial charge in [0.15, 0.2) is 0 Å². The number of carbonyl (C=O) groups is 1. The van der Waals surface area contributed by atoms with Crippen molar-refractivity contribution < 1.29 is 14.1 Å². The van der Waals surface area contributed by atoms with Crippen molar-refractivity contribution in [2.45, 2.75) is 13.8 Å². The first-order valence-electron chi connectivity index (χ1n) is 3.74. The van der Waals surface area contributed by atoms with Crippen LogP contribution in [-0.4, -0.2) is 17.7 Å². The van der Waals surface area contributed by atoms with Crippen molar-refractivity contribution in [3.63, 3.8) is 0 Å². The van der Waals surface area contributed by atoms with Gasteiger partial charge in [0.05, 0.1) is 12.3 Å². The van der Waals surface area contributed by atoms with Crippen molar-refractivity contribution in [3.05, 3.63) is 17.0 Å². The summed E-state index contributed by atoms with van der Waals surface area (Å²) < 4.78 is 9.32. The Morgan fingerprint density at radius 3 is 3.00 bits per heavy atom. The van der Waals surface area contributed by atoms with Crippen LogP contribution in [0.25, 0.3) is 0 Å². The van der Waals surface area contributed by atoms with Gasteiger partial charge >= 0.3 is 5.97 Å². The number of carbonyl (C=O) groups excluding carboxylic acids is 1. The third-order valence-corrected chi connectivity index (χ3v) is 1.44. The van der Waals surface area contributed by atoms with Crippen LogP contribution in [0.1, 0.15) is 28.7 Å². The first-order valence-corrected chi connectivity index (χ1v) is 3.74. The highest BCUT2D eigenvalue weighted by Gasteiger charge is 2.20. The summed E-state index contributed by atoms with van der Waals surface area (Å²) in [5.74, 6) is -0.672. The summed E-state index contributed by atoms with van der Waals surface area (Å²) in [4.78, 5) is 11.2. The van der Waals surface area contributed by atoms with Crippen molar-refractivity contribution in [2.24, 2.45) is 0 Å². The Morgan fingerprint density at radius 1 is 1.77 bits per heavy atom. The molecule has 13 heavy (non-hydrogen) atoms. The highest BCUT2D eigenvalue weighted by molar-refractivity contribution is 5.92. The quantitative estimate of drug-likeness (QED) is 0.635. The molecule has 0 fully saturated rings. The van der Waals surface area contributed by atoms with E-state index in [4.69, 9.17) is 10.00 Å². The zero-order valence-electron chi connectivity index (χ0n) is 7.33. The molecule has 1 aromatic rings. The van der Waals surface area contributed by atoms with Gasteiger partial charge in [0.25, 0.3) is 5.76 Å². The molecule has 0 saturated heterocycles. The molecular weight excluding hydrogens is 172 g/mol. The van der Waals surface area contributed by atoms with E-state index in [1.807, 2.05) is 0 Å². The van der Waals surface area contributed by atoms with Crippen molar-refractivity contribution in [1.29, 1.82) is 5.26 Å². The molecule has 0 aliphatic heterocycles. The Kier molecular flexibility index (Phi) is 2.65. The Bertz CT molecular complexity index is 362. The Balaban J connectivity index is 3.05. The summed E-state index contributed by atoms with van der Waals surface area (Å²) in [6.07, 6.45) is 0. The molecule has 1 rings (SSSR count). The SMILES string of the molecule is CCOC(=O)c1c(C)noc1C#N. The number of nitriles is 1. The van der Waals surface area contributed by atoms with Crippen LogP contribution >= 0.6 is 0 Å². The topological polar surface area (TPSA) is 76.1 Å². The molecular formula is C8H8N2O3. The molecule has 0 bridgehead atoms. The average Bonchev–Trinajstić information content (AvgIpc) is 2.47. The molecule has 1 aromatic heterocycles. The van der Waals surface area contributed by atoms with Crippen molar-refractivity contribution in [1.82, 2.24) is 5.16 Å². The Hall–Kier alpha value is -1.83. The zero-order chi connectivity index (χ0) is 9.84. The molecule has 0 amide bonds. The lowest BCUT2D eigenvalue weighted by Crippen LogP contribution is -2.06. The second-order valence-electron chi connectivity index (χ2n) is 2.30. The molecule has 0 radical (unpaired) electrons. The highest BCUT2D eigenvalue weighted by atomic mass is 16.5. The summed E-state index contributed by atoms with van der Waals surface area (Å²) in [7, 11) is 0. The molecule has 0 aromatic carbocycles. The smallest absolute Gasteiger partial charge is 0.344 e. The number of hydrogen-bond acceptors (Lipinski definition) is 5. The van der Waals surface area contributed by atoms with E-state index in [1.165, 1.54) is 0 Å². The largest absolute Gasteiger partial charge is 0.462 e. The summed E-state index contributed by atoms with van der Waals surface area (Å²) >= 11 is 0. The molecule has 68 valence electrons. The molecule has 0 saturated carbocycles. The molecule has 0 spiro atoms. The maximum atomic E-state index is 11.2. The number of nitrogens with zero attached hydrogens (tertiary/aromatic N) is 2. The van der Waals surface area contributed by atoms with E-state index in [0.717, 1.165) is 0 Å². The van der Waals surface area contributed by atoms with Gasteiger partial charge in [0.1, 0.15) is 11.6 Å². The van der Waals surface area contributed by atoms with E-state index in [-0.39, 0.29) is 17.9 Å². The van der Waals surface area contributed by atoms with Crippen molar-refractivity contribution in [2.75, 3.05) is 6.61 Å². The molecule has 0 unspecified atom stereocenters. The van der Waals surface area contributed by atoms with Gasteiger partial charge in [-0.1, -0.05) is 5.16 Å². The normalized spacial score (nSPS) is 9.31. The summed E-state index contributed by atoms with van der Waals surface area (Å²) in [5.41, 5.74) is 0.486. The molecule has 0 aliphatic carbocycles. The van der Waals surface area contributed by atoms with Crippen LogP contribution in [0.15, 0.2) is 4.52 Å². The number of aryl methyl sites for hydroxylation is 1. The molecule has 0 atom stereocenters. The standard InChI is InChI=1S/C8H8N2O3/c1-3-12-8(11)7-5(2)10-13-6(7)4-9/h3H2,1-2H3. The first-order chi connectivity index (χ1) is 6.20. The van der Waals surface area contributed by atoms with Gasteiger partial charge in [-0.15, -0.1) is 0 Å². The molecule has 5 nitrogen and oxygen atoms in total. The van der Waals surface area contributed by atoms with Gasteiger partial charge in [0.2, 0.25) is 0 Å². The second-order valence-corrected chi connectivity index (χ2v) is 2.30. The van der Waals surface area contributed by atoms with Crippen molar-refractivity contribution >= 4 is 5.97 Å². The number of aromatic nitrogens is 1. The fourth-order valence-electron chi connectivity index (χ4n) is 0.890. The van der Waals surface area contributed by atoms with Crippen LogP contribution < -0.4 is 0 Å². The van der Waals surface area contributed by atoms with Gasteiger partial charge in [-0.25, -0.2) is 4.79 Å². The lowest BCUT2D eigenvalue weighted by Gasteiger charge is -1.97. The van der Waals surface area contributed by atoms with Crippen LogP contribution in [0, 0.1) is 18.3 Å². The third kappa shape index (κ3) is 1.67. The second kappa shape index (κ2) is 3.72. The average molecular weight is 180 g/mol. The molecule has 0 N–H and O–H groups in total. The molecule has 1 heterocycles. The monoisotopic (exact) mass is 180 g/mol. The van der Waals surface area contributed by atoms with Crippen molar-refractivity contribution in [3.8, 4) is 6.07 Å². The lowest BCUT2D eigenvalue weighted by molar-refractivity contribution is 0.0524. The summed E-state index contributed by atoms with van der Waals surface area (Å²) in [5, 5.41) is 12.0.